The monoisotopic (exact) mass is 359 g/mol. The van der Waals surface area contributed by atoms with E-state index in [0.29, 0.717) is 12.0 Å². The molecule has 0 aliphatic carbocycles. The van der Waals surface area contributed by atoms with Crippen molar-refractivity contribution in [3.8, 4) is 0 Å². The molecule has 1 fully saturated rings. The zero-order valence-corrected chi connectivity index (χ0v) is 16.7. The highest BCUT2D eigenvalue weighted by Gasteiger charge is 2.37. The highest BCUT2D eigenvalue weighted by Crippen LogP contribution is 2.21. The first-order valence-corrected chi connectivity index (χ1v) is 9.72. The predicted octanol–water partition coefficient (Wildman–Crippen LogP) is -0.496. The Hall–Kier alpha value is -1.86. The molecule has 26 heavy (non-hydrogen) atoms. The Morgan fingerprint density at radius 2 is 1.88 bits per heavy atom. The lowest BCUT2D eigenvalue weighted by Crippen LogP contribution is -3.27. The van der Waals surface area contributed by atoms with Crippen molar-refractivity contribution in [3.63, 3.8) is 0 Å². The normalized spacial score (nSPS) is 22.5. The number of hydrogen-bond acceptors (Lipinski definition) is 4. The van der Waals surface area contributed by atoms with Gasteiger partial charge in [0, 0.05) is 23.9 Å². The van der Waals surface area contributed by atoms with Crippen LogP contribution in [0.5, 0.6) is 0 Å². The first-order chi connectivity index (χ1) is 12.4. The summed E-state index contributed by atoms with van der Waals surface area (Å²) in [5, 5.41) is 12.7. The Kier molecular flexibility index (Phi) is 5.67. The summed E-state index contributed by atoms with van der Waals surface area (Å²) in [7, 11) is 0. The maximum atomic E-state index is 4.43. The van der Waals surface area contributed by atoms with E-state index in [9.17, 15) is 0 Å². The molecule has 7 nitrogen and oxygen atoms in total. The highest BCUT2D eigenvalue weighted by molar-refractivity contribution is 5.06. The van der Waals surface area contributed by atoms with E-state index in [0.717, 1.165) is 25.5 Å². The van der Waals surface area contributed by atoms with Crippen LogP contribution in [0.4, 0.5) is 0 Å². The minimum absolute atomic E-state index is 0.0984. The van der Waals surface area contributed by atoms with Gasteiger partial charge in [-0.05, 0) is 37.3 Å². The van der Waals surface area contributed by atoms with E-state index >= 15 is 0 Å². The van der Waals surface area contributed by atoms with Crippen LogP contribution in [-0.2, 0) is 12.1 Å². The van der Waals surface area contributed by atoms with Gasteiger partial charge >= 0.3 is 0 Å². The molecule has 1 atom stereocenters. The maximum absolute atomic E-state index is 4.43. The molecule has 1 aliphatic heterocycles. The number of nitrogens with one attached hydrogen (secondary N) is 2. The van der Waals surface area contributed by atoms with Crippen LogP contribution in [0.25, 0.3) is 0 Å². The molecule has 0 spiro atoms. The number of rotatable bonds is 5. The lowest BCUT2D eigenvalue weighted by Gasteiger charge is -2.36. The molecule has 0 bridgehead atoms. The van der Waals surface area contributed by atoms with Crippen molar-refractivity contribution in [2.24, 2.45) is 5.92 Å². The number of hydrogen-bond donors (Lipinski definition) is 2. The van der Waals surface area contributed by atoms with Crippen LogP contribution >= 0.6 is 0 Å². The van der Waals surface area contributed by atoms with Crippen LogP contribution in [0, 0.1) is 5.92 Å². The van der Waals surface area contributed by atoms with Gasteiger partial charge in [0.1, 0.15) is 32.7 Å². The minimum atomic E-state index is -0.0984. The molecule has 0 aromatic carbocycles. The van der Waals surface area contributed by atoms with Gasteiger partial charge in [-0.3, -0.25) is 4.98 Å². The van der Waals surface area contributed by atoms with E-state index in [4.69, 9.17) is 0 Å². The zero-order valence-electron chi connectivity index (χ0n) is 16.7. The summed E-state index contributed by atoms with van der Waals surface area (Å²) in [5.41, 5.74) is 1.22. The third-order valence-electron chi connectivity index (χ3n) is 5.29. The molecule has 3 rings (SSSR count). The number of nitrogens with zero attached hydrogens (tertiary/aromatic N) is 5. The van der Waals surface area contributed by atoms with Crippen molar-refractivity contribution in [2.45, 2.75) is 52.7 Å². The average Bonchev–Trinajstić information content (AvgIpc) is 3.07. The molecule has 3 heterocycles. The fourth-order valence-corrected chi connectivity index (χ4v) is 4.02. The molecule has 0 amide bonds. The van der Waals surface area contributed by atoms with Crippen LogP contribution < -0.4 is 9.80 Å². The molecule has 0 saturated carbocycles. The molecule has 2 aromatic heterocycles. The van der Waals surface area contributed by atoms with Crippen LogP contribution in [0.3, 0.4) is 0 Å². The second kappa shape index (κ2) is 7.80. The largest absolute Gasteiger partial charge is 0.322 e. The Morgan fingerprint density at radius 1 is 1.15 bits per heavy atom. The smallest absolute Gasteiger partial charge is 0.210 e. The molecule has 2 aromatic rings. The van der Waals surface area contributed by atoms with Gasteiger partial charge in [0.05, 0.1) is 5.54 Å². The summed E-state index contributed by atoms with van der Waals surface area (Å²) in [6.07, 6.45) is 3.83. The van der Waals surface area contributed by atoms with Crippen molar-refractivity contribution in [3.05, 3.63) is 35.9 Å². The lowest BCUT2D eigenvalue weighted by atomic mass is 9.99. The van der Waals surface area contributed by atoms with Crippen molar-refractivity contribution in [1.29, 1.82) is 0 Å². The van der Waals surface area contributed by atoms with Gasteiger partial charge in [0.15, 0.2) is 6.04 Å². The predicted molar refractivity (Wildman–Crippen MR) is 99.7 cm³/mol. The van der Waals surface area contributed by atoms with Crippen molar-refractivity contribution < 1.29 is 9.80 Å². The Balaban J connectivity index is 1.69. The van der Waals surface area contributed by atoms with E-state index in [2.05, 4.69) is 61.2 Å². The summed E-state index contributed by atoms with van der Waals surface area (Å²) in [4.78, 5) is 7.48. The zero-order chi connectivity index (χ0) is 18.7. The lowest BCUT2D eigenvalue weighted by molar-refractivity contribution is -1.03. The van der Waals surface area contributed by atoms with Gasteiger partial charge in [0.25, 0.3) is 0 Å². The molecule has 1 saturated heterocycles. The summed E-state index contributed by atoms with van der Waals surface area (Å²) >= 11 is 0. The fraction of sp³-hybridized carbons (Fsp3) is 0.684. The summed E-state index contributed by atoms with van der Waals surface area (Å²) in [5.74, 6) is 1.52. The molecular formula is C19H33N7+2. The van der Waals surface area contributed by atoms with E-state index in [1.54, 1.807) is 9.80 Å². The Morgan fingerprint density at radius 3 is 2.46 bits per heavy atom. The third kappa shape index (κ3) is 4.27. The molecular weight excluding hydrogens is 326 g/mol. The minimum Gasteiger partial charge on any atom is -0.322 e. The molecule has 0 radical (unpaired) electrons. The standard InChI is InChI=1S/C19H31N7/c1-15(2)17(18-21-22-23-26(18)19(3,4)5)25-11-9-24(10-12-25)14-16-7-6-8-20-13-16/h6-8,13,15,17H,9-12,14H2,1-5H3/p+2/t17-/m1/s1. The number of aromatic nitrogens is 5. The van der Waals surface area contributed by atoms with Gasteiger partial charge in [-0.15, -0.1) is 5.10 Å². The number of tetrazole rings is 1. The maximum Gasteiger partial charge on any atom is 0.210 e. The number of quaternary nitrogens is 2. The fourth-order valence-electron chi connectivity index (χ4n) is 4.02. The molecule has 2 N–H and O–H groups in total. The first kappa shape index (κ1) is 18.9. The topological polar surface area (TPSA) is 65.4 Å². The van der Waals surface area contributed by atoms with E-state index in [1.807, 2.05) is 23.1 Å². The van der Waals surface area contributed by atoms with Crippen molar-refractivity contribution in [1.82, 2.24) is 25.2 Å². The third-order valence-corrected chi connectivity index (χ3v) is 5.29. The van der Waals surface area contributed by atoms with Crippen LogP contribution in [-0.4, -0.2) is 51.4 Å². The second-order valence-electron chi connectivity index (χ2n) is 8.79. The van der Waals surface area contributed by atoms with Crippen LogP contribution in [0.2, 0.25) is 0 Å². The van der Waals surface area contributed by atoms with Crippen LogP contribution in [0.1, 0.15) is 52.0 Å². The van der Waals surface area contributed by atoms with E-state index < -0.39 is 0 Å². The van der Waals surface area contributed by atoms with Gasteiger partial charge in [-0.25, -0.2) is 4.68 Å². The highest BCUT2D eigenvalue weighted by atomic mass is 15.6. The van der Waals surface area contributed by atoms with E-state index in [1.165, 1.54) is 18.7 Å². The second-order valence-corrected chi connectivity index (χ2v) is 8.79. The molecule has 0 unspecified atom stereocenters. The first-order valence-electron chi connectivity index (χ1n) is 9.72. The SMILES string of the molecule is CC(C)[C@H](c1nnnn1C(C)(C)C)[NH+]1CC[NH+](Cc2cccnc2)CC1. The van der Waals surface area contributed by atoms with Gasteiger partial charge < -0.3 is 9.80 Å². The molecule has 1 aliphatic rings. The molecule has 142 valence electrons. The summed E-state index contributed by atoms with van der Waals surface area (Å²) in [6, 6.07) is 4.54. The van der Waals surface area contributed by atoms with Gasteiger partial charge in [0.2, 0.25) is 5.82 Å². The van der Waals surface area contributed by atoms with Gasteiger partial charge in [-0.2, -0.15) is 0 Å². The number of pyridine rings is 1. The van der Waals surface area contributed by atoms with Crippen LogP contribution in [0.15, 0.2) is 24.5 Å². The quantitative estimate of drug-likeness (QED) is 0.756. The summed E-state index contributed by atoms with van der Waals surface area (Å²) < 4.78 is 2.01. The Bertz CT molecular complexity index is 681. The van der Waals surface area contributed by atoms with Gasteiger partial charge in [-0.1, -0.05) is 19.9 Å². The summed E-state index contributed by atoms with van der Waals surface area (Å²) in [6.45, 7) is 16.8. The number of piperazine rings is 1. The molecule has 7 heteroatoms. The van der Waals surface area contributed by atoms with Crippen molar-refractivity contribution >= 4 is 0 Å². The Labute approximate surface area is 156 Å². The van der Waals surface area contributed by atoms with Crippen molar-refractivity contribution in [2.75, 3.05) is 26.2 Å². The van der Waals surface area contributed by atoms with E-state index in [-0.39, 0.29) is 5.54 Å². The average molecular weight is 360 g/mol.